The van der Waals surface area contributed by atoms with Gasteiger partial charge in [-0.15, -0.1) is 11.3 Å². The zero-order valence-corrected chi connectivity index (χ0v) is 12.0. The quantitative estimate of drug-likeness (QED) is 0.836. The van der Waals surface area contributed by atoms with Crippen LogP contribution >= 0.6 is 11.3 Å². The summed E-state index contributed by atoms with van der Waals surface area (Å²) >= 11 is 1.50. The molecule has 1 aromatic carbocycles. The Balaban J connectivity index is 2.16. The van der Waals surface area contributed by atoms with E-state index < -0.39 is 0 Å². The highest BCUT2D eigenvalue weighted by molar-refractivity contribution is 7.12. The van der Waals surface area contributed by atoms with E-state index in [-0.39, 0.29) is 0 Å². The fourth-order valence-electron chi connectivity index (χ4n) is 1.89. The van der Waals surface area contributed by atoms with Crippen LogP contribution < -0.4 is 4.74 Å². The number of ether oxygens (including phenoxy) is 1. The lowest BCUT2D eigenvalue weighted by molar-refractivity contribution is 0.414. The number of aromatic nitrogens is 1. The number of benzene rings is 1. The monoisotopic (exact) mass is 272 g/mol. The molecule has 0 saturated carbocycles. The lowest BCUT2D eigenvalue weighted by atomic mass is 10.1. The van der Waals surface area contributed by atoms with Gasteiger partial charge in [0.25, 0.3) is 0 Å². The molecule has 1 heterocycles. The Hall–Kier alpha value is -1.86. The van der Waals surface area contributed by atoms with Crippen molar-refractivity contribution in [2.75, 3.05) is 7.11 Å². The van der Waals surface area contributed by atoms with E-state index in [1.54, 1.807) is 7.11 Å². The van der Waals surface area contributed by atoms with Crippen molar-refractivity contribution in [3.8, 4) is 11.8 Å². The van der Waals surface area contributed by atoms with Crippen LogP contribution in [-0.2, 0) is 12.8 Å². The van der Waals surface area contributed by atoms with E-state index in [0.717, 1.165) is 40.6 Å². The van der Waals surface area contributed by atoms with Gasteiger partial charge in [0.05, 0.1) is 17.8 Å². The SMILES string of the molecule is CCCc1nc(Cc2ccc(OC)cc2)sc1C#N. The average Bonchev–Trinajstić information content (AvgIpc) is 2.82. The average molecular weight is 272 g/mol. The summed E-state index contributed by atoms with van der Waals surface area (Å²) in [5.41, 5.74) is 2.13. The first-order chi connectivity index (χ1) is 9.26. The number of hydrogen-bond acceptors (Lipinski definition) is 4. The van der Waals surface area contributed by atoms with Crippen molar-refractivity contribution in [1.82, 2.24) is 4.98 Å². The van der Waals surface area contributed by atoms with Crippen molar-refractivity contribution >= 4 is 11.3 Å². The van der Waals surface area contributed by atoms with Gasteiger partial charge < -0.3 is 4.74 Å². The molecule has 4 heteroatoms. The fourth-order valence-corrected chi connectivity index (χ4v) is 2.83. The van der Waals surface area contributed by atoms with Gasteiger partial charge >= 0.3 is 0 Å². The lowest BCUT2D eigenvalue weighted by Crippen LogP contribution is -1.90. The lowest BCUT2D eigenvalue weighted by Gasteiger charge is -2.01. The normalized spacial score (nSPS) is 10.2. The Morgan fingerprint density at radius 2 is 2.05 bits per heavy atom. The Morgan fingerprint density at radius 1 is 1.32 bits per heavy atom. The third kappa shape index (κ3) is 3.33. The number of methoxy groups -OCH3 is 1. The summed E-state index contributed by atoms with van der Waals surface area (Å²) in [6.45, 7) is 2.10. The maximum absolute atomic E-state index is 9.10. The Labute approximate surface area is 117 Å². The van der Waals surface area contributed by atoms with Gasteiger partial charge in [0.15, 0.2) is 0 Å². The van der Waals surface area contributed by atoms with E-state index in [0.29, 0.717) is 0 Å². The van der Waals surface area contributed by atoms with Gasteiger partial charge in [-0.25, -0.2) is 4.98 Å². The van der Waals surface area contributed by atoms with Crippen LogP contribution in [0.15, 0.2) is 24.3 Å². The molecular formula is C15H16N2OS. The highest BCUT2D eigenvalue weighted by atomic mass is 32.1. The van der Waals surface area contributed by atoms with Crippen LogP contribution in [0.2, 0.25) is 0 Å². The second-order valence-corrected chi connectivity index (χ2v) is 5.35. The largest absolute Gasteiger partial charge is 0.497 e. The molecule has 0 spiro atoms. The predicted octanol–water partition coefficient (Wildman–Crippen LogP) is 3.57. The second kappa shape index (κ2) is 6.35. The first-order valence-electron chi connectivity index (χ1n) is 6.28. The first kappa shape index (κ1) is 13.6. The molecule has 0 saturated heterocycles. The highest BCUT2D eigenvalue weighted by Gasteiger charge is 2.10. The van der Waals surface area contributed by atoms with Crippen LogP contribution in [0.5, 0.6) is 5.75 Å². The van der Waals surface area contributed by atoms with Gasteiger partial charge in [-0.3, -0.25) is 0 Å². The van der Waals surface area contributed by atoms with Crippen molar-refractivity contribution in [2.24, 2.45) is 0 Å². The van der Waals surface area contributed by atoms with E-state index in [1.165, 1.54) is 16.9 Å². The standard InChI is InChI=1S/C15H16N2OS/c1-3-4-13-14(10-16)19-15(17-13)9-11-5-7-12(18-2)8-6-11/h5-8H,3-4,9H2,1-2H3. The minimum atomic E-state index is 0.755. The molecule has 0 aliphatic heterocycles. The van der Waals surface area contributed by atoms with E-state index >= 15 is 0 Å². The van der Waals surface area contributed by atoms with Gasteiger partial charge in [0, 0.05) is 6.42 Å². The van der Waals surface area contributed by atoms with Crippen molar-refractivity contribution in [1.29, 1.82) is 5.26 Å². The van der Waals surface area contributed by atoms with E-state index in [2.05, 4.69) is 18.0 Å². The summed E-state index contributed by atoms with van der Waals surface area (Å²) < 4.78 is 5.14. The molecule has 2 rings (SSSR count). The van der Waals surface area contributed by atoms with Crippen LogP contribution in [0.4, 0.5) is 0 Å². The molecule has 0 radical (unpaired) electrons. The number of nitrogens with zero attached hydrogens (tertiary/aromatic N) is 2. The molecule has 0 unspecified atom stereocenters. The van der Waals surface area contributed by atoms with Crippen LogP contribution in [0.25, 0.3) is 0 Å². The molecule has 0 fully saturated rings. The minimum absolute atomic E-state index is 0.755. The highest BCUT2D eigenvalue weighted by Crippen LogP contribution is 2.22. The number of aryl methyl sites for hydroxylation is 1. The summed E-state index contributed by atoms with van der Waals surface area (Å²) in [6, 6.07) is 10.2. The molecule has 0 amide bonds. The third-order valence-corrected chi connectivity index (χ3v) is 3.85. The topological polar surface area (TPSA) is 45.9 Å². The van der Waals surface area contributed by atoms with Crippen LogP contribution in [0, 0.1) is 11.3 Å². The van der Waals surface area contributed by atoms with Gasteiger partial charge in [-0.1, -0.05) is 25.5 Å². The number of nitriles is 1. The zero-order valence-electron chi connectivity index (χ0n) is 11.1. The van der Waals surface area contributed by atoms with Crippen molar-refractivity contribution in [2.45, 2.75) is 26.2 Å². The molecule has 2 aromatic rings. The fraction of sp³-hybridized carbons (Fsp3) is 0.333. The Kier molecular flexibility index (Phi) is 4.53. The van der Waals surface area contributed by atoms with Gasteiger partial charge in [0.2, 0.25) is 0 Å². The summed E-state index contributed by atoms with van der Waals surface area (Å²) in [7, 11) is 1.66. The van der Waals surface area contributed by atoms with E-state index in [1.807, 2.05) is 24.3 Å². The van der Waals surface area contributed by atoms with Gasteiger partial charge in [0.1, 0.15) is 16.7 Å². The summed E-state index contributed by atoms with van der Waals surface area (Å²) in [6.07, 6.45) is 2.66. The predicted molar refractivity (Wildman–Crippen MR) is 76.6 cm³/mol. The van der Waals surface area contributed by atoms with Gasteiger partial charge in [-0.05, 0) is 24.1 Å². The smallest absolute Gasteiger partial charge is 0.128 e. The maximum Gasteiger partial charge on any atom is 0.128 e. The second-order valence-electron chi connectivity index (χ2n) is 4.27. The molecule has 0 aliphatic rings. The maximum atomic E-state index is 9.10. The minimum Gasteiger partial charge on any atom is -0.497 e. The van der Waals surface area contributed by atoms with Crippen molar-refractivity contribution < 1.29 is 4.74 Å². The Bertz CT molecular complexity index is 581. The van der Waals surface area contributed by atoms with Crippen LogP contribution in [0.1, 0.15) is 34.5 Å². The molecule has 19 heavy (non-hydrogen) atoms. The van der Waals surface area contributed by atoms with Gasteiger partial charge in [-0.2, -0.15) is 5.26 Å². The summed E-state index contributed by atoms with van der Waals surface area (Å²) in [5.74, 6) is 0.854. The summed E-state index contributed by atoms with van der Waals surface area (Å²) in [5, 5.41) is 10.1. The number of rotatable bonds is 5. The third-order valence-electron chi connectivity index (χ3n) is 2.84. The Morgan fingerprint density at radius 3 is 2.63 bits per heavy atom. The molecule has 0 N–H and O–H groups in total. The molecule has 0 bridgehead atoms. The zero-order chi connectivity index (χ0) is 13.7. The van der Waals surface area contributed by atoms with Crippen LogP contribution in [-0.4, -0.2) is 12.1 Å². The first-order valence-corrected chi connectivity index (χ1v) is 7.10. The van der Waals surface area contributed by atoms with E-state index in [4.69, 9.17) is 10.00 Å². The molecule has 0 atom stereocenters. The van der Waals surface area contributed by atoms with Crippen molar-refractivity contribution in [3.05, 3.63) is 45.4 Å². The van der Waals surface area contributed by atoms with E-state index in [9.17, 15) is 0 Å². The molecule has 3 nitrogen and oxygen atoms in total. The summed E-state index contributed by atoms with van der Waals surface area (Å²) in [4.78, 5) is 5.33. The molecule has 1 aromatic heterocycles. The number of hydrogen-bond donors (Lipinski definition) is 0. The molecule has 98 valence electrons. The molecule has 0 aliphatic carbocycles. The number of thiazole rings is 1. The molecular weight excluding hydrogens is 256 g/mol. The van der Waals surface area contributed by atoms with Crippen molar-refractivity contribution in [3.63, 3.8) is 0 Å². The van der Waals surface area contributed by atoms with Crippen LogP contribution in [0.3, 0.4) is 0 Å².